The number of hydrogen-bond donors (Lipinski definition) is 2. The predicted octanol–water partition coefficient (Wildman–Crippen LogP) is 3.02. The van der Waals surface area contributed by atoms with E-state index in [1.54, 1.807) is 7.05 Å². The fourth-order valence-corrected chi connectivity index (χ4v) is 4.66. The molecule has 3 atom stereocenters. The lowest BCUT2D eigenvalue weighted by Gasteiger charge is -2.55. The molecule has 0 spiro atoms. The Hall–Kier alpha value is -1.02. The topological polar surface area (TPSA) is 48.9 Å². The van der Waals surface area contributed by atoms with E-state index >= 15 is 0 Å². The Morgan fingerprint density at radius 2 is 1.96 bits per heavy atom. The summed E-state index contributed by atoms with van der Waals surface area (Å²) in [4.78, 5) is 5.80. The van der Waals surface area contributed by atoms with Crippen molar-refractivity contribution in [2.75, 3.05) is 39.8 Å². The van der Waals surface area contributed by atoms with Crippen LogP contribution in [0.4, 0.5) is 13.2 Å². The molecular weight excluding hydrogens is 357 g/mol. The number of ether oxygens (including phenoxy) is 1. The van der Waals surface area contributed by atoms with Gasteiger partial charge in [0.05, 0.1) is 12.6 Å². The monoisotopic (exact) mass is 392 g/mol. The van der Waals surface area contributed by atoms with Crippen LogP contribution in [0.5, 0.6) is 0 Å². The van der Waals surface area contributed by atoms with Gasteiger partial charge in [-0.25, -0.2) is 0 Å². The Morgan fingerprint density at radius 3 is 2.52 bits per heavy atom. The third kappa shape index (κ3) is 5.50. The van der Waals surface area contributed by atoms with E-state index in [4.69, 9.17) is 4.74 Å². The fourth-order valence-electron chi connectivity index (χ4n) is 4.66. The van der Waals surface area contributed by atoms with Crippen molar-refractivity contribution in [1.29, 1.82) is 0 Å². The molecular formula is C19H35F3N4O. The third-order valence-electron chi connectivity index (χ3n) is 6.33. The number of aliphatic imine (C=N–C) groups is 1. The van der Waals surface area contributed by atoms with E-state index in [0.717, 1.165) is 38.2 Å². The molecule has 3 unspecified atom stereocenters. The highest BCUT2D eigenvalue weighted by molar-refractivity contribution is 5.80. The molecule has 2 fully saturated rings. The van der Waals surface area contributed by atoms with Gasteiger partial charge in [0.15, 0.2) is 5.96 Å². The number of nitrogens with one attached hydrogen (secondary N) is 2. The Balaban J connectivity index is 1.81. The highest BCUT2D eigenvalue weighted by Gasteiger charge is 2.53. The molecule has 1 heterocycles. The third-order valence-corrected chi connectivity index (χ3v) is 6.33. The molecule has 1 aliphatic carbocycles. The number of hydrogen-bond acceptors (Lipinski definition) is 3. The van der Waals surface area contributed by atoms with Gasteiger partial charge in [0.1, 0.15) is 0 Å². The van der Waals surface area contributed by atoms with Crippen LogP contribution in [0.15, 0.2) is 4.99 Å². The minimum atomic E-state index is -4.12. The molecule has 0 radical (unpaired) electrons. The summed E-state index contributed by atoms with van der Waals surface area (Å²) in [5.41, 5.74) is 0.116. The lowest BCUT2D eigenvalue weighted by molar-refractivity contribution is -0.143. The molecule has 0 amide bonds. The molecule has 2 N–H and O–H groups in total. The first-order valence-corrected chi connectivity index (χ1v) is 10.2. The van der Waals surface area contributed by atoms with E-state index in [-0.39, 0.29) is 17.4 Å². The molecule has 1 saturated heterocycles. The quantitative estimate of drug-likeness (QED) is 0.493. The minimum Gasteiger partial charge on any atom is -0.378 e. The van der Waals surface area contributed by atoms with E-state index in [0.29, 0.717) is 25.7 Å². The maximum Gasteiger partial charge on any atom is 0.401 e. The maximum atomic E-state index is 12.5. The summed E-state index contributed by atoms with van der Waals surface area (Å²) >= 11 is 0. The van der Waals surface area contributed by atoms with Crippen LogP contribution in [-0.4, -0.2) is 69.0 Å². The van der Waals surface area contributed by atoms with Gasteiger partial charge in [-0.15, -0.1) is 0 Å². The molecule has 158 valence electrons. The van der Waals surface area contributed by atoms with E-state index in [1.807, 2.05) is 6.92 Å². The summed E-state index contributed by atoms with van der Waals surface area (Å²) < 4.78 is 43.5. The number of alkyl halides is 3. The van der Waals surface area contributed by atoms with Crippen LogP contribution in [-0.2, 0) is 4.74 Å². The Bertz CT molecular complexity index is 494. The highest BCUT2D eigenvalue weighted by Crippen LogP contribution is 2.48. The average Bonchev–Trinajstić information content (AvgIpc) is 3.03. The molecule has 0 aromatic heterocycles. The van der Waals surface area contributed by atoms with Gasteiger partial charge in [0.2, 0.25) is 0 Å². The van der Waals surface area contributed by atoms with E-state index in [2.05, 4.69) is 29.5 Å². The van der Waals surface area contributed by atoms with Crippen LogP contribution >= 0.6 is 0 Å². The fraction of sp³-hybridized carbons (Fsp3) is 0.947. The number of halogens is 3. The van der Waals surface area contributed by atoms with Crippen molar-refractivity contribution in [2.24, 2.45) is 16.3 Å². The maximum absolute atomic E-state index is 12.5. The largest absolute Gasteiger partial charge is 0.401 e. The zero-order valence-electron chi connectivity index (χ0n) is 17.0. The van der Waals surface area contributed by atoms with E-state index in [9.17, 15) is 13.2 Å². The van der Waals surface area contributed by atoms with Crippen LogP contribution in [0, 0.1) is 11.3 Å². The predicted molar refractivity (Wildman–Crippen MR) is 102 cm³/mol. The van der Waals surface area contributed by atoms with Crippen molar-refractivity contribution < 1.29 is 17.9 Å². The second kappa shape index (κ2) is 9.45. The molecule has 0 aromatic carbocycles. The molecule has 5 nitrogen and oxygen atoms in total. The van der Waals surface area contributed by atoms with Crippen molar-refractivity contribution in [1.82, 2.24) is 15.5 Å². The Morgan fingerprint density at radius 1 is 1.26 bits per heavy atom. The highest BCUT2D eigenvalue weighted by atomic mass is 19.4. The second-order valence-electron chi connectivity index (χ2n) is 7.77. The molecule has 0 bridgehead atoms. The van der Waals surface area contributed by atoms with Crippen molar-refractivity contribution in [2.45, 2.75) is 64.8 Å². The first-order valence-electron chi connectivity index (χ1n) is 10.2. The molecule has 2 aliphatic rings. The molecule has 1 saturated carbocycles. The van der Waals surface area contributed by atoms with Crippen LogP contribution in [0.1, 0.15) is 46.5 Å². The van der Waals surface area contributed by atoms with Gasteiger partial charge < -0.3 is 15.4 Å². The first kappa shape index (κ1) is 22.3. The number of guanidine groups is 1. The van der Waals surface area contributed by atoms with E-state index < -0.39 is 12.7 Å². The zero-order chi connectivity index (χ0) is 20.1. The summed E-state index contributed by atoms with van der Waals surface area (Å²) in [5.74, 6) is 0.945. The van der Waals surface area contributed by atoms with Crippen LogP contribution in [0.3, 0.4) is 0 Å². The molecule has 27 heavy (non-hydrogen) atoms. The number of nitrogens with zero attached hydrogens (tertiary/aromatic N) is 2. The van der Waals surface area contributed by atoms with Gasteiger partial charge in [0, 0.05) is 38.2 Å². The zero-order valence-corrected chi connectivity index (χ0v) is 17.0. The van der Waals surface area contributed by atoms with Crippen molar-refractivity contribution in [3.63, 3.8) is 0 Å². The smallest absolute Gasteiger partial charge is 0.378 e. The van der Waals surface area contributed by atoms with Gasteiger partial charge in [0.25, 0.3) is 0 Å². The van der Waals surface area contributed by atoms with E-state index in [1.165, 1.54) is 4.90 Å². The summed E-state index contributed by atoms with van der Waals surface area (Å²) in [6, 6.07) is 0.306. The Kier molecular flexibility index (Phi) is 7.80. The second-order valence-corrected chi connectivity index (χ2v) is 7.77. The molecule has 1 aliphatic heterocycles. The van der Waals surface area contributed by atoms with Crippen LogP contribution in [0.2, 0.25) is 0 Å². The van der Waals surface area contributed by atoms with Crippen LogP contribution < -0.4 is 10.6 Å². The molecule has 8 heteroatoms. The number of likely N-dealkylation sites (tertiary alicyclic amines) is 1. The number of rotatable bonds is 8. The molecule has 0 aromatic rings. The average molecular weight is 393 g/mol. The lowest BCUT2D eigenvalue weighted by Crippen LogP contribution is -2.65. The summed E-state index contributed by atoms with van der Waals surface area (Å²) in [6.45, 7) is 7.97. The van der Waals surface area contributed by atoms with Gasteiger partial charge in [-0.05, 0) is 45.1 Å². The van der Waals surface area contributed by atoms with Crippen molar-refractivity contribution in [3.05, 3.63) is 0 Å². The minimum absolute atomic E-state index is 0.116. The van der Waals surface area contributed by atoms with Crippen LogP contribution in [0.25, 0.3) is 0 Å². The summed E-state index contributed by atoms with van der Waals surface area (Å²) in [7, 11) is 1.73. The standard InChI is InChI=1S/C19H35F3N4O/c1-5-18(6-2)15(10-16(18)27-7-3)25-17(23-4)24-11-14-8-9-26(12-14)13-19(20,21)22/h14-16H,5-13H2,1-4H3,(H2,23,24,25). The SMILES string of the molecule is CCOC1CC(NC(=NC)NCC2CCN(CC(F)(F)F)C2)C1(CC)CC. The van der Waals surface area contributed by atoms with Gasteiger partial charge in [-0.1, -0.05) is 13.8 Å². The van der Waals surface area contributed by atoms with Crippen molar-refractivity contribution >= 4 is 5.96 Å². The Labute approximate surface area is 161 Å². The van der Waals surface area contributed by atoms with Gasteiger partial charge in [-0.3, -0.25) is 9.89 Å². The summed E-state index contributed by atoms with van der Waals surface area (Å²) in [6.07, 6.45) is -0.0255. The summed E-state index contributed by atoms with van der Waals surface area (Å²) in [5, 5.41) is 6.84. The van der Waals surface area contributed by atoms with Crippen molar-refractivity contribution in [3.8, 4) is 0 Å². The normalized spacial score (nSPS) is 28.9. The molecule has 2 rings (SSSR count). The van der Waals surface area contributed by atoms with Gasteiger partial charge >= 0.3 is 6.18 Å². The lowest BCUT2D eigenvalue weighted by atomic mass is 9.58. The first-order chi connectivity index (χ1) is 12.8. The van der Waals surface area contributed by atoms with Gasteiger partial charge in [-0.2, -0.15) is 13.2 Å².